The Hall–Kier alpha value is -2.17. The number of rotatable bonds is 2. The lowest BCUT2D eigenvalue weighted by Gasteiger charge is -2.10. The number of nitrogen functional groups attached to an aromatic ring is 1. The summed E-state index contributed by atoms with van der Waals surface area (Å²) < 4.78 is 5.26. The third-order valence-corrected chi connectivity index (χ3v) is 2.77. The average molecular weight is 230 g/mol. The number of anilines is 1. The fourth-order valence-electron chi connectivity index (χ4n) is 1.58. The highest BCUT2D eigenvalue weighted by molar-refractivity contribution is 5.67. The van der Waals surface area contributed by atoms with Gasteiger partial charge in [0.2, 0.25) is 0 Å². The second kappa shape index (κ2) is 4.37. The van der Waals surface area contributed by atoms with E-state index >= 15 is 0 Å². The van der Waals surface area contributed by atoms with Gasteiger partial charge in [0.25, 0.3) is 0 Å². The summed E-state index contributed by atoms with van der Waals surface area (Å²) in [5, 5.41) is 8.02. The van der Waals surface area contributed by atoms with Gasteiger partial charge in [0, 0.05) is 6.20 Å². The van der Waals surface area contributed by atoms with Gasteiger partial charge in [-0.05, 0) is 37.1 Å². The van der Waals surface area contributed by atoms with E-state index in [1.54, 1.807) is 13.3 Å². The zero-order chi connectivity index (χ0) is 12.4. The van der Waals surface area contributed by atoms with Crippen molar-refractivity contribution >= 4 is 5.82 Å². The molecule has 2 aromatic heterocycles. The van der Waals surface area contributed by atoms with Crippen molar-refractivity contribution < 1.29 is 4.74 Å². The summed E-state index contributed by atoms with van der Waals surface area (Å²) >= 11 is 0. The molecule has 0 fully saturated rings. The van der Waals surface area contributed by atoms with Gasteiger partial charge in [0.05, 0.1) is 7.11 Å². The van der Waals surface area contributed by atoms with E-state index in [0.29, 0.717) is 23.0 Å². The standard InChI is InChI=1S/C12H14N4O/c1-7-8(2)12(13)16-15-10(7)11-9(17-3)5-4-6-14-11/h4-6H,1-3H3,(H2,13,16). The molecule has 0 atom stereocenters. The molecule has 2 N–H and O–H groups in total. The van der Waals surface area contributed by atoms with Crippen LogP contribution in [0.1, 0.15) is 11.1 Å². The van der Waals surface area contributed by atoms with Crippen LogP contribution in [-0.4, -0.2) is 22.3 Å². The lowest BCUT2D eigenvalue weighted by atomic mass is 10.1. The molecule has 0 amide bonds. The molecule has 0 saturated carbocycles. The Morgan fingerprint density at radius 1 is 1.12 bits per heavy atom. The third-order valence-electron chi connectivity index (χ3n) is 2.77. The van der Waals surface area contributed by atoms with Gasteiger partial charge < -0.3 is 10.5 Å². The summed E-state index contributed by atoms with van der Waals surface area (Å²) in [6, 6.07) is 3.66. The molecule has 2 rings (SSSR count). The monoisotopic (exact) mass is 230 g/mol. The molecule has 88 valence electrons. The summed E-state index contributed by atoms with van der Waals surface area (Å²) in [6.07, 6.45) is 1.70. The Morgan fingerprint density at radius 3 is 2.59 bits per heavy atom. The predicted molar refractivity (Wildman–Crippen MR) is 65.7 cm³/mol. The highest BCUT2D eigenvalue weighted by Crippen LogP contribution is 2.29. The van der Waals surface area contributed by atoms with Crippen LogP contribution in [0.3, 0.4) is 0 Å². The second-order valence-electron chi connectivity index (χ2n) is 3.74. The van der Waals surface area contributed by atoms with Crippen molar-refractivity contribution in [3.8, 4) is 17.1 Å². The maximum Gasteiger partial charge on any atom is 0.149 e. The fourth-order valence-corrected chi connectivity index (χ4v) is 1.58. The van der Waals surface area contributed by atoms with Crippen molar-refractivity contribution in [2.45, 2.75) is 13.8 Å². The number of nitrogens with zero attached hydrogens (tertiary/aromatic N) is 3. The zero-order valence-electron chi connectivity index (χ0n) is 10.1. The van der Waals surface area contributed by atoms with E-state index in [1.165, 1.54) is 0 Å². The molecule has 5 nitrogen and oxygen atoms in total. The number of pyridine rings is 1. The van der Waals surface area contributed by atoms with Crippen molar-refractivity contribution in [3.05, 3.63) is 29.5 Å². The van der Waals surface area contributed by atoms with Crippen LogP contribution >= 0.6 is 0 Å². The first-order valence-electron chi connectivity index (χ1n) is 5.24. The summed E-state index contributed by atoms with van der Waals surface area (Å²) in [6.45, 7) is 3.86. The molecule has 0 aliphatic heterocycles. The first-order chi connectivity index (χ1) is 8.15. The van der Waals surface area contributed by atoms with Crippen LogP contribution < -0.4 is 10.5 Å². The maximum atomic E-state index is 5.71. The van der Waals surface area contributed by atoms with Crippen LogP contribution in [-0.2, 0) is 0 Å². The second-order valence-corrected chi connectivity index (χ2v) is 3.74. The van der Waals surface area contributed by atoms with E-state index in [1.807, 2.05) is 26.0 Å². The molecule has 0 aliphatic carbocycles. The largest absolute Gasteiger partial charge is 0.494 e. The summed E-state index contributed by atoms with van der Waals surface area (Å²) in [5.41, 5.74) is 8.99. The van der Waals surface area contributed by atoms with E-state index in [9.17, 15) is 0 Å². The lowest BCUT2D eigenvalue weighted by Crippen LogP contribution is -2.03. The van der Waals surface area contributed by atoms with E-state index < -0.39 is 0 Å². The summed E-state index contributed by atoms with van der Waals surface area (Å²) in [5.74, 6) is 1.12. The third kappa shape index (κ3) is 1.91. The number of aromatic nitrogens is 3. The van der Waals surface area contributed by atoms with Crippen LogP contribution in [0.25, 0.3) is 11.4 Å². The molecular weight excluding hydrogens is 216 g/mol. The van der Waals surface area contributed by atoms with Gasteiger partial charge in [0.15, 0.2) is 0 Å². The molecule has 2 heterocycles. The highest BCUT2D eigenvalue weighted by Gasteiger charge is 2.14. The molecule has 0 saturated heterocycles. The number of methoxy groups -OCH3 is 1. The molecule has 2 aromatic rings. The Bertz CT molecular complexity index is 554. The molecule has 17 heavy (non-hydrogen) atoms. The van der Waals surface area contributed by atoms with Crippen molar-refractivity contribution in [2.24, 2.45) is 0 Å². The van der Waals surface area contributed by atoms with Gasteiger partial charge >= 0.3 is 0 Å². The van der Waals surface area contributed by atoms with Crippen LogP contribution in [0.5, 0.6) is 5.75 Å². The Balaban J connectivity index is 2.65. The van der Waals surface area contributed by atoms with Gasteiger partial charge in [0.1, 0.15) is 23.0 Å². The topological polar surface area (TPSA) is 73.9 Å². The smallest absolute Gasteiger partial charge is 0.149 e. The quantitative estimate of drug-likeness (QED) is 0.850. The van der Waals surface area contributed by atoms with Crippen molar-refractivity contribution in [2.75, 3.05) is 12.8 Å². The minimum Gasteiger partial charge on any atom is -0.494 e. The maximum absolute atomic E-state index is 5.71. The molecule has 0 spiro atoms. The van der Waals surface area contributed by atoms with Gasteiger partial charge in [-0.1, -0.05) is 0 Å². The number of ether oxygens (including phenoxy) is 1. The van der Waals surface area contributed by atoms with E-state index in [-0.39, 0.29) is 0 Å². The lowest BCUT2D eigenvalue weighted by molar-refractivity contribution is 0.414. The van der Waals surface area contributed by atoms with Gasteiger partial charge in [-0.15, -0.1) is 10.2 Å². The minimum absolute atomic E-state index is 0.446. The van der Waals surface area contributed by atoms with E-state index in [4.69, 9.17) is 10.5 Å². The molecule has 0 aliphatic rings. The first kappa shape index (κ1) is 11.3. The van der Waals surface area contributed by atoms with Gasteiger partial charge in [-0.2, -0.15) is 0 Å². The molecule has 5 heteroatoms. The molecule has 0 unspecified atom stereocenters. The first-order valence-corrected chi connectivity index (χ1v) is 5.24. The highest BCUT2D eigenvalue weighted by atomic mass is 16.5. The molecule has 0 radical (unpaired) electrons. The van der Waals surface area contributed by atoms with Gasteiger partial charge in [-0.25, -0.2) is 0 Å². The average Bonchev–Trinajstić information content (AvgIpc) is 2.36. The minimum atomic E-state index is 0.446. The number of hydrogen-bond donors (Lipinski definition) is 1. The SMILES string of the molecule is COc1cccnc1-c1nnc(N)c(C)c1C. The van der Waals surface area contributed by atoms with Crippen LogP contribution in [0, 0.1) is 13.8 Å². The Labute approximate surface area is 99.7 Å². The van der Waals surface area contributed by atoms with Crippen LogP contribution in [0.2, 0.25) is 0 Å². The zero-order valence-corrected chi connectivity index (χ0v) is 10.1. The van der Waals surface area contributed by atoms with Crippen LogP contribution in [0.15, 0.2) is 18.3 Å². The van der Waals surface area contributed by atoms with Crippen molar-refractivity contribution in [3.63, 3.8) is 0 Å². The Kier molecular flexibility index (Phi) is 2.91. The molecular formula is C12H14N4O. The number of nitrogens with two attached hydrogens (primary N) is 1. The van der Waals surface area contributed by atoms with Crippen molar-refractivity contribution in [1.29, 1.82) is 0 Å². The fraction of sp³-hybridized carbons (Fsp3) is 0.250. The normalized spacial score (nSPS) is 10.3. The van der Waals surface area contributed by atoms with Gasteiger partial charge in [-0.3, -0.25) is 4.98 Å². The predicted octanol–water partition coefficient (Wildman–Crippen LogP) is 1.75. The summed E-state index contributed by atoms with van der Waals surface area (Å²) in [4.78, 5) is 4.28. The summed E-state index contributed by atoms with van der Waals surface area (Å²) in [7, 11) is 1.60. The molecule has 0 aromatic carbocycles. The van der Waals surface area contributed by atoms with E-state index in [0.717, 1.165) is 11.1 Å². The van der Waals surface area contributed by atoms with Crippen molar-refractivity contribution in [1.82, 2.24) is 15.2 Å². The van der Waals surface area contributed by atoms with Crippen LogP contribution in [0.4, 0.5) is 5.82 Å². The van der Waals surface area contributed by atoms with E-state index in [2.05, 4.69) is 15.2 Å². The number of hydrogen-bond acceptors (Lipinski definition) is 5. The Morgan fingerprint density at radius 2 is 1.88 bits per heavy atom. The molecule has 0 bridgehead atoms.